The van der Waals surface area contributed by atoms with Crippen molar-refractivity contribution in [1.82, 2.24) is 15.1 Å². The molecule has 4 rings (SSSR count). The maximum atomic E-state index is 11.0. The van der Waals surface area contributed by atoms with Crippen LogP contribution in [0, 0.1) is 0 Å². The molecular formula is C15H13N3O4S. The highest BCUT2D eigenvalue weighted by Gasteiger charge is 2.16. The summed E-state index contributed by atoms with van der Waals surface area (Å²) in [5.41, 5.74) is 3.00. The molecule has 0 spiro atoms. The van der Waals surface area contributed by atoms with Crippen molar-refractivity contribution in [2.24, 2.45) is 0 Å². The van der Waals surface area contributed by atoms with Crippen LogP contribution in [0.1, 0.15) is 5.89 Å². The van der Waals surface area contributed by atoms with E-state index >= 15 is 0 Å². The van der Waals surface area contributed by atoms with Gasteiger partial charge < -0.3 is 9.63 Å². The number of benzene rings is 1. The third kappa shape index (κ3) is 3.92. The van der Waals surface area contributed by atoms with Gasteiger partial charge in [0.1, 0.15) is 11.5 Å². The molecule has 2 heterocycles. The van der Waals surface area contributed by atoms with Crippen LogP contribution in [0.15, 0.2) is 47.1 Å². The van der Waals surface area contributed by atoms with Crippen molar-refractivity contribution >= 4 is 9.84 Å². The fourth-order valence-electron chi connectivity index (χ4n) is 1.88. The van der Waals surface area contributed by atoms with E-state index < -0.39 is 9.84 Å². The molecule has 0 radical (unpaired) electrons. The summed E-state index contributed by atoms with van der Waals surface area (Å²) in [6.45, 7) is 0. The zero-order valence-electron chi connectivity index (χ0n) is 12.2. The predicted octanol–water partition coefficient (Wildman–Crippen LogP) is 2.05. The number of aromatic hydroxyl groups is 1. The Balaban J connectivity index is 0.000000213. The Bertz CT molecular complexity index is 933. The van der Waals surface area contributed by atoms with Gasteiger partial charge in [-0.1, -0.05) is 23.4 Å². The van der Waals surface area contributed by atoms with Gasteiger partial charge in [0, 0.05) is 12.5 Å². The molecule has 118 valence electrons. The van der Waals surface area contributed by atoms with Crippen molar-refractivity contribution < 1.29 is 18.0 Å². The number of pyridine rings is 1. The third-order valence-corrected chi connectivity index (χ3v) is 3.74. The summed E-state index contributed by atoms with van der Waals surface area (Å²) in [6.07, 6.45) is 2.52. The molecule has 0 unspecified atom stereocenters. The molecule has 0 saturated heterocycles. The van der Waals surface area contributed by atoms with E-state index in [9.17, 15) is 13.5 Å². The van der Waals surface area contributed by atoms with Crippen LogP contribution in [0.3, 0.4) is 0 Å². The van der Waals surface area contributed by atoms with Crippen LogP contribution in [0.5, 0.6) is 5.75 Å². The summed E-state index contributed by atoms with van der Waals surface area (Å²) in [4.78, 5) is 7.72. The van der Waals surface area contributed by atoms with Crippen molar-refractivity contribution in [3.05, 3.63) is 48.5 Å². The number of sulfone groups is 1. The second kappa shape index (κ2) is 5.81. The fourth-order valence-corrected chi connectivity index (χ4v) is 2.44. The molecule has 0 saturated carbocycles. The molecule has 0 atom stereocenters. The fraction of sp³-hybridized carbons (Fsp3) is 0.133. The second-order valence-corrected chi connectivity index (χ2v) is 7.17. The molecule has 0 bridgehead atoms. The molecule has 2 aliphatic carbocycles. The van der Waals surface area contributed by atoms with Crippen molar-refractivity contribution in [2.75, 3.05) is 6.26 Å². The van der Waals surface area contributed by atoms with Gasteiger partial charge in [0.25, 0.3) is 0 Å². The molecule has 1 N–H and O–H groups in total. The number of hydrogen-bond acceptors (Lipinski definition) is 7. The van der Waals surface area contributed by atoms with Crippen molar-refractivity contribution in [3.63, 3.8) is 0 Å². The Kier molecular flexibility index (Phi) is 3.83. The monoisotopic (exact) mass is 331 g/mol. The maximum absolute atomic E-state index is 11.0. The molecule has 8 heteroatoms. The quantitative estimate of drug-likeness (QED) is 0.612. The highest BCUT2D eigenvalue weighted by Crippen LogP contribution is 2.32. The van der Waals surface area contributed by atoms with Crippen LogP contribution >= 0.6 is 0 Å². The van der Waals surface area contributed by atoms with Crippen LogP contribution in [-0.2, 0) is 15.6 Å². The van der Waals surface area contributed by atoms with Gasteiger partial charge in [-0.15, -0.1) is 0 Å². The molecule has 0 fully saturated rings. The molecule has 0 aromatic carbocycles. The van der Waals surface area contributed by atoms with Crippen LogP contribution < -0.4 is 0 Å². The molecular weight excluding hydrogens is 318 g/mol. The van der Waals surface area contributed by atoms with E-state index in [4.69, 9.17) is 4.52 Å². The van der Waals surface area contributed by atoms with E-state index in [1.165, 1.54) is 23.4 Å². The molecule has 7 nitrogen and oxygen atoms in total. The number of hydrogen-bond donors (Lipinski definition) is 1. The molecule has 2 aromatic heterocycles. The molecule has 0 amide bonds. The van der Waals surface area contributed by atoms with E-state index in [1.54, 1.807) is 6.07 Å². The summed E-state index contributed by atoms with van der Waals surface area (Å²) in [7, 11) is -3.24. The Morgan fingerprint density at radius 1 is 1.17 bits per heavy atom. The van der Waals surface area contributed by atoms with Gasteiger partial charge in [-0.3, -0.25) is 0 Å². The summed E-state index contributed by atoms with van der Waals surface area (Å²) in [6, 6.07) is 11.5. The van der Waals surface area contributed by atoms with Crippen molar-refractivity contribution in [1.29, 1.82) is 0 Å². The molecule has 2 aromatic rings. The Labute approximate surface area is 132 Å². The van der Waals surface area contributed by atoms with Gasteiger partial charge in [0.15, 0.2) is 15.5 Å². The van der Waals surface area contributed by atoms with Crippen LogP contribution in [-0.4, -0.2) is 34.9 Å². The molecule has 0 aliphatic heterocycles. The van der Waals surface area contributed by atoms with Gasteiger partial charge in [-0.25, -0.2) is 13.4 Å². The first-order valence-electron chi connectivity index (χ1n) is 6.67. The summed E-state index contributed by atoms with van der Waals surface area (Å²) >= 11 is 0. The topological polar surface area (TPSA) is 106 Å². The van der Waals surface area contributed by atoms with E-state index in [2.05, 4.69) is 39.4 Å². The Morgan fingerprint density at radius 3 is 2.43 bits per heavy atom. The lowest BCUT2D eigenvalue weighted by Gasteiger charge is -1.95. The van der Waals surface area contributed by atoms with Crippen molar-refractivity contribution in [2.45, 2.75) is 5.75 Å². The van der Waals surface area contributed by atoms with Crippen LogP contribution in [0.2, 0.25) is 0 Å². The van der Waals surface area contributed by atoms with Crippen LogP contribution in [0.4, 0.5) is 0 Å². The standard InChI is InChI=1S/C9H9N3O4S.C6H4/c1-17(14,15)5-7-11-9(12-16-7)8-6(13)3-2-4-10-8;1-2-5-4-6(5)3-1/h2-4,13H,5H2,1H3;1-4H. The molecule has 2 aliphatic rings. The first-order chi connectivity index (χ1) is 10.9. The van der Waals surface area contributed by atoms with Crippen molar-refractivity contribution in [3.8, 4) is 28.4 Å². The average Bonchev–Trinajstić information content (AvgIpc) is 2.87. The van der Waals surface area contributed by atoms with Gasteiger partial charge in [0.05, 0.1) is 0 Å². The lowest BCUT2D eigenvalue weighted by atomic mass is 10.3. The minimum Gasteiger partial charge on any atom is -0.506 e. The average molecular weight is 331 g/mol. The lowest BCUT2D eigenvalue weighted by molar-refractivity contribution is 0.388. The summed E-state index contributed by atoms with van der Waals surface area (Å²) < 4.78 is 26.8. The zero-order valence-corrected chi connectivity index (χ0v) is 13.0. The first kappa shape index (κ1) is 15.2. The number of nitrogens with zero attached hydrogens (tertiary/aromatic N) is 3. The van der Waals surface area contributed by atoms with E-state index in [0.29, 0.717) is 0 Å². The second-order valence-electron chi connectivity index (χ2n) is 5.03. The lowest BCUT2D eigenvalue weighted by Crippen LogP contribution is -2.00. The highest BCUT2D eigenvalue weighted by molar-refractivity contribution is 7.89. The van der Waals surface area contributed by atoms with E-state index in [0.717, 1.165) is 6.26 Å². The number of fused-ring (bicyclic) bond motifs is 1. The van der Waals surface area contributed by atoms with Gasteiger partial charge in [-0.2, -0.15) is 4.98 Å². The Morgan fingerprint density at radius 2 is 1.91 bits per heavy atom. The van der Waals surface area contributed by atoms with Crippen LogP contribution in [0.25, 0.3) is 22.6 Å². The number of rotatable bonds is 3. The number of aromatic nitrogens is 3. The molecule has 23 heavy (non-hydrogen) atoms. The van der Waals surface area contributed by atoms with E-state index in [1.807, 2.05) is 0 Å². The SMILES string of the molecule is CS(=O)(=O)Cc1nc(-c2ncccc2O)no1.c1cc2cc-2c1. The van der Waals surface area contributed by atoms with Gasteiger partial charge >= 0.3 is 0 Å². The minimum absolute atomic E-state index is 0.0347. The highest BCUT2D eigenvalue weighted by atomic mass is 32.2. The van der Waals surface area contributed by atoms with E-state index in [-0.39, 0.29) is 28.9 Å². The van der Waals surface area contributed by atoms with Gasteiger partial charge in [0.2, 0.25) is 11.7 Å². The minimum atomic E-state index is -3.24. The normalized spacial score (nSPS) is 11.5. The van der Waals surface area contributed by atoms with Gasteiger partial charge in [-0.05, 0) is 29.3 Å². The summed E-state index contributed by atoms with van der Waals surface area (Å²) in [5.74, 6) is -0.415. The third-order valence-electron chi connectivity index (χ3n) is 2.96. The maximum Gasteiger partial charge on any atom is 0.242 e. The predicted molar refractivity (Wildman–Crippen MR) is 83.2 cm³/mol. The summed E-state index contributed by atoms with van der Waals surface area (Å²) in [5, 5.41) is 13.1. The smallest absolute Gasteiger partial charge is 0.242 e. The largest absolute Gasteiger partial charge is 0.506 e. The zero-order chi connectivity index (χ0) is 16.4. The first-order valence-corrected chi connectivity index (χ1v) is 8.73. The Hall–Kier alpha value is -2.74.